The third-order valence-electron chi connectivity index (χ3n) is 4.14. The van der Waals surface area contributed by atoms with Gasteiger partial charge in [0, 0.05) is 18.2 Å². The van der Waals surface area contributed by atoms with Crippen LogP contribution < -0.4 is 15.8 Å². The molecule has 4 heteroatoms. The van der Waals surface area contributed by atoms with E-state index in [-0.39, 0.29) is 11.9 Å². The van der Waals surface area contributed by atoms with Crippen LogP contribution in [0.4, 0.5) is 0 Å². The van der Waals surface area contributed by atoms with E-state index in [2.05, 4.69) is 5.32 Å². The Hall–Kier alpha value is -1.55. The molecule has 1 aliphatic carbocycles. The van der Waals surface area contributed by atoms with Crippen LogP contribution in [0.5, 0.6) is 5.75 Å². The maximum Gasteiger partial charge on any atom is 0.251 e. The van der Waals surface area contributed by atoms with Crippen LogP contribution in [-0.2, 0) is 0 Å². The first-order valence-corrected chi connectivity index (χ1v) is 7.39. The number of hydrogen-bond acceptors (Lipinski definition) is 3. The number of nitrogens with two attached hydrogens (primary N) is 1. The normalized spacial score (nSPS) is 17.5. The molecule has 0 bridgehead atoms. The molecule has 20 heavy (non-hydrogen) atoms. The topological polar surface area (TPSA) is 64.3 Å². The number of benzene rings is 1. The maximum atomic E-state index is 12.2. The average molecular weight is 276 g/mol. The van der Waals surface area contributed by atoms with Gasteiger partial charge in [0.25, 0.3) is 5.91 Å². The minimum atomic E-state index is -0.0475. The van der Waals surface area contributed by atoms with Crippen LogP contribution in [0.25, 0.3) is 0 Å². The summed E-state index contributed by atoms with van der Waals surface area (Å²) in [6, 6.07) is 7.25. The Labute approximate surface area is 120 Å². The van der Waals surface area contributed by atoms with Crippen molar-refractivity contribution in [1.82, 2.24) is 5.32 Å². The van der Waals surface area contributed by atoms with E-state index in [0.29, 0.717) is 18.0 Å². The van der Waals surface area contributed by atoms with E-state index in [0.717, 1.165) is 5.75 Å². The number of rotatable bonds is 5. The molecule has 1 aromatic rings. The molecule has 1 fully saturated rings. The van der Waals surface area contributed by atoms with Crippen LogP contribution in [0.2, 0.25) is 0 Å². The van der Waals surface area contributed by atoms with Crippen molar-refractivity contribution in [3.8, 4) is 5.75 Å². The summed E-state index contributed by atoms with van der Waals surface area (Å²) in [6.07, 6.45) is 6.15. The van der Waals surface area contributed by atoms with Crippen molar-refractivity contribution in [2.24, 2.45) is 11.7 Å². The highest BCUT2D eigenvalue weighted by Gasteiger charge is 2.24. The number of amides is 1. The first-order chi connectivity index (χ1) is 9.74. The summed E-state index contributed by atoms with van der Waals surface area (Å²) in [6.45, 7) is 0.507. The largest absolute Gasteiger partial charge is 0.497 e. The Kier molecular flexibility index (Phi) is 5.41. The Morgan fingerprint density at radius 1 is 1.30 bits per heavy atom. The van der Waals surface area contributed by atoms with Gasteiger partial charge in [-0.25, -0.2) is 0 Å². The number of ether oxygens (including phenoxy) is 1. The molecule has 1 unspecified atom stereocenters. The molecule has 0 aliphatic heterocycles. The van der Waals surface area contributed by atoms with E-state index < -0.39 is 0 Å². The molecular weight excluding hydrogens is 252 g/mol. The highest BCUT2D eigenvalue weighted by atomic mass is 16.5. The molecule has 0 heterocycles. The fourth-order valence-electron chi connectivity index (χ4n) is 2.90. The smallest absolute Gasteiger partial charge is 0.251 e. The third kappa shape index (κ3) is 3.73. The summed E-state index contributed by atoms with van der Waals surface area (Å²) in [5.41, 5.74) is 6.49. The van der Waals surface area contributed by atoms with Gasteiger partial charge in [0.1, 0.15) is 5.75 Å². The van der Waals surface area contributed by atoms with E-state index >= 15 is 0 Å². The zero-order valence-corrected chi connectivity index (χ0v) is 12.1. The lowest BCUT2D eigenvalue weighted by atomic mass is 9.84. The predicted octanol–water partition coefficient (Wildman–Crippen LogP) is 2.33. The van der Waals surface area contributed by atoms with Crippen LogP contribution in [0.1, 0.15) is 42.5 Å². The molecule has 4 nitrogen and oxygen atoms in total. The van der Waals surface area contributed by atoms with E-state index in [9.17, 15) is 4.79 Å². The number of carbonyl (C=O) groups excluding carboxylic acids is 1. The predicted molar refractivity (Wildman–Crippen MR) is 79.9 cm³/mol. The Balaban J connectivity index is 1.96. The van der Waals surface area contributed by atoms with Crippen LogP contribution in [-0.4, -0.2) is 25.6 Å². The zero-order valence-electron chi connectivity index (χ0n) is 12.1. The molecule has 1 aliphatic rings. The summed E-state index contributed by atoms with van der Waals surface area (Å²) < 4.78 is 5.09. The monoisotopic (exact) mass is 276 g/mol. The molecule has 0 saturated heterocycles. The van der Waals surface area contributed by atoms with Crippen molar-refractivity contribution < 1.29 is 9.53 Å². The fraction of sp³-hybridized carbons (Fsp3) is 0.562. The molecule has 1 saturated carbocycles. The van der Waals surface area contributed by atoms with Crippen molar-refractivity contribution >= 4 is 5.91 Å². The Morgan fingerprint density at radius 3 is 2.50 bits per heavy atom. The molecule has 0 aromatic heterocycles. The summed E-state index contributed by atoms with van der Waals surface area (Å²) in [5.74, 6) is 1.23. The third-order valence-corrected chi connectivity index (χ3v) is 4.14. The summed E-state index contributed by atoms with van der Waals surface area (Å²) in [4.78, 5) is 12.2. The second kappa shape index (κ2) is 7.29. The molecule has 0 radical (unpaired) electrons. The van der Waals surface area contributed by atoms with Gasteiger partial charge in [0.2, 0.25) is 0 Å². The molecule has 1 atom stereocenters. The van der Waals surface area contributed by atoms with Crippen molar-refractivity contribution in [3.05, 3.63) is 29.8 Å². The van der Waals surface area contributed by atoms with E-state index in [1.807, 2.05) is 0 Å². The number of nitrogens with one attached hydrogen (secondary N) is 1. The highest BCUT2D eigenvalue weighted by Crippen LogP contribution is 2.26. The highest BCUT2D eigenvalue weighted by molar-refractivity contribution is 5.94. The first-order valence-electron chi connectivity index (χ1n) is 7.39. The number of carbonyl (C=O) groups is 1. The van der Waals surface area contributed by atoms with E-state index in [1.165, 1.54) is 32.1 Å². The minimum absolute atomic E-state index is 0.0475. The second-order valence-electron chi connectivity index (χ2n) is 5.44. The zero-order chi connectivity index (χ0) is 14.4. The molecule has 1 amide bonds. The van der Waals surface area contributed by atoms with Crippen molar-refractivity contribution in [2.75, 3.05) is 13.7 Å². The van der Waals surface area contributed by atoms with Crippen LogP contribution >= 0.6 is 0 Å². The fourth-order valence-corrected chi connectivity index (χ4v) is 2.90. The van der Waals surface area contributed by atoms with Crippen LogP contribution in [0.15, 0.2) is 24.3 Å². The summed E-state index contributed by atoms with van der Waals surface area (Å²) in [5, 5.41) is 3.09. The second-order valence-corrected chi connectivity index (χ2v) is 5.44. The van der Waals surface area contributed by atoms with Gasteiger partial charge in [-0.05, 0) is 43.0 Å². The molecule has 0 spiro atoms. The van der Waals surface area contributed by atoms with Gasteiger partial charge in [0.15, 0.2) is 0 Å². The minimum Gasteiger partial charge on any atom is -0.497 e. The van der Waals surface area contributed by atoms with E-state index in [1.54, 1.807) is 31.4 Å². The maximum absolute atomic E-state index is 12.2. The van der Waals surface area contributed by atoms with Gasteiger partial charge in [-0.1, -0.05) is 19.3 Å². The molecule has 3 N–H and O–H groups in total. The van der Waals surface area contributed by atoms with Gasteiger partial charge in [-0.15, -0.1) is 0 Å². The average Bonchev–Trinajstić information content (AvgIpc) is 2.53. The molecular formula is C16H24N2O2. The van der Waals surface area contributed by atoms with Gasteiger partial charge in [-0.2, -0.15) is 0 Å². The Bertz CT molecular complexity index is 425. The van der Waals surface area contributed by atoms with Gasteiger partial charge in [0.05, 0.1) is 7.11 Å². The lowest BCUT2D eigenvalue weighted by molar-refractivity contribution is 0.0915. The van der Waals surface area contributed by atoms with Crippen molar-refractivity contribution in [2.45, 2.75) is 38.1 Å². The van der Waals surface area contributed by atoms with Crippen molar-refractivity contribution in [3.63, 3.8) is 0 Å². The van der Waals surface area contributed by atoms with E-state index in [4.69, 9.17) is 10.5 Å². The molecule has 1 aromatic carbocycles. The first kappa shape index (κ1) is 14.9. The van der Waals surface area contributed by atoms with Gasteiger partial charge < -0.3 is 15.8 Å². The summed E-state index contributed by atoms with van der Waals surface area (Å²) >= 11 is 0. The van der Waals surface area contributed by atoms with Crippen LogP contribution in [0.3, 0.4) is 0 Å². The lowest BCUT2D eigenvalue weighted by Crippen LogP contribution is -2.45. The number of methoxy groups -OCH3 is 1. The Morgan fingerprint density at radius 2 is 1.95 bits per heavy atom. The standard InChI is InChI=1S/C16H24N2O2/c1-20-14-9-7-13(8-10-14)16(19)18-15(11-17)12-5-3-2-4-6-12/h7-10,12,15H,2-6,11,17H2,1H3,(H,18,19). The number of hydrogen-bond donors (Lipinski definition) is 2. The SMILES string of the molecule is COc1ccc(C(=O)NC(CN)C2CCCCC2)cc1. The molecule has 110 valence electrons. The molecule has 2 rings (SSSR count). The summed E-state index contributed by atoms with van der Waals surface area (Å²) in [7, 11) is 1.61. The van der Waals surface area contributed by atoms with Crippen molar-refractivity contribution in [1.29, 1.82) is 0 Å². The van der Waals surface area contributed by atoms with Gasteiger partial charge >= 0.3 is 0 Å². The quantitative estimate of drug-likeness (QED) is 0.867. The van der Waals surface area contributed by atoms with Gasteiger partial charge in [-0.3, -0.25) is 4.79 Å². The van der Waals surface area contributed by atoms with Crippen LogP contribution in [0, 0.1) is 5.92 Å². The lowest BCUT2D eigenvalue weighted by Gasteiger charge is -2.30.